The van der Waals surface area contributed by atoms with E-state index >= 15 is 0 Å². The number of ether oxygens (including phenoxy) is 1. The van der Waals surface area contributed by atoms with Gasteiger partial charge in [-0.25, -0.2) is 0 Å². The zero-order valence-corrected chi connectivity index (χ0v) is 21.6. The molecule has 0 aliphatic rings. The number of hydrogen-bond acceptors (Lipinski definition) is 4. The van der Waals surface area contributed by atoms with Gasteiger partial charge >= 0.3 is 0 Å². The maximum atomic E-state index is 11.8. The number of hydrogen-bond donors (Lipinski definition) is 3. The lowest BCUT2D eigenvalue weighted by Crippen LogP contribution is -2.37. The number of nitrogens with one attached hydrogen (secondary N) is 3. The van der Waals surface area contributed by atoms with E-state index in [0.29, 0.717) is 12.1 Å². The van der Waals surface area contributed by atoms with Crippen molar-refractivity contribution in [2.45, 2.75) is 13.0 Å². The number of carbonyl (C=O) groups excluding carboxylic acids is 1. The molecule has 0 fully saturated rings. The first kappa shape index (κ1) is 25.7. The number of benzene rings is 2. The molecule has 1 amide bonds. The molecule has 0 radical (unpaired) electrons. The number of halogens is 1. The topological polar surface area (TPSA) is 74.8 Å². The molecule has 1 aromatic heterocycles. The summed E-state index contributed by atoms with van der Waals surface area (Å²) in [4.78, 5) is 17.3. The lowest BCUT2D eigenvalue weighted by molar-refractivity contribution is 0.0963. The second-order valence-corrected chi connectivity index (χ2v) is 7.91. The van der Waals surface area contributed by atoms with Gasteiger partial charge in [-0.05, 0) is 58.8 Å². The van der Waals surface area contributed by atoms with E-state index in [9.17, 15) is 4.79 Å². The first-order valence-electron chi connectivity index (χ1n) is 10.1. The zero-order valence-electron chi connectivity index (χ0n) is 18.5. The number of rotatable bonds is 8. The summed E-state index contributed by atoms with van der Waals surface area (Å²) < 4.78 is 5.22. The summed E-state index contributed by atoms with van der Waals surface area (Å²) in [5.41, 5.74) is 4.15. The standard InChI is InChI=1S/C24H28N4O2S.HI/c1-25-23(29)19-6-4-5-17(13-19)11-12-27-24(26-2)28-15-22-14-20(16-31-22)18-7-9-21(30-3)10-8-18;/h4-10,13-14,16H,11-12,15H2,1-3H3,(H,25,29)(H2,26,27,28);1H. The number of nitrogens with zero attached hydrogens (tertiary/aromatic N) is 1. The smallest absolute Gasteiger partial charge is 0.251 e. The van der Waals surface area contributed by atoms with Crippen LogP contribution in [0.2, 0.25) is 0 Å². The van der Waals surface area contributed by atoms with Crippen LogP contribution in [0.1, 0.15) is 20.8 Å². The monoisotopic (exact) mass is 564 g/mol. The molecule has 3 rings (SSSR count). The van der Waals surface area contributed by atoms with Crippen LogP contribution in [0.4, 0.5) is 0 Å². The number of amides is 1. The van der Waals surface area contributed by atoms with Crippen molar-refractivity contribution >= 4 is 47.2 Å². The van der Waals surface area contributed by atoms with Gasteiger partial charge < -0.3 is 20.7 Å². The van der Waals surface area contributed by atoms with Crippen molar-refractivity contribution in [2.24, 2.45) is 4.99 Å². The number of methoxy groups -OCH3 is 1. The SMILES string of the molecule is CN=C(NCCc1cccc(C(=O)NC)c1)NCc1cc(-c2ccc(OC)cc2)cs1.I. The summed E-state index contributed by atoms with van der Waals surface area (Å²) in [6.45, 7) is 1.42. The summed E-state index contributed by atoms with van der Waals surface area (Å²) in [5, 5.41) is 11.5. The highest BCUT2D eigenvalue weighted by Gasteiger charge is 2.06. The molecule has 3 N–H and O–H groups in total. The Morgan fingerprint density at radius 1 is 1.06 bits per heavy atom. The maximum absolute atomic E-state index is 11.8. The number of carbonyl (C=O) groups is 1. The van der Waals surface area contributed by atoms with E-state index < -0.39 is 0 Å². The maximum Gasteiger partial charge on any atom is 0.251 e. The first-order valence-corrected chi connectivity index (χ1v) is 11.0. The molecule has 3 aromatic rings. The Bertz CT molecular complexity index is 1030. The van der Waals surface area contributed by atoms with Gasteiger partial charge in [0.25, 0.3) is 5.91 Å². The fourth-order valence-corrected chi connectivity index (χ4v) is 3.97. The van der Waals surface area contributed by atoms with E-state index in [-0.39, 0.29) is 29.9 Å². The minimum Gasteiger partial charge on any atom is -0.497 e. The Kier molecular flexibility index (Phi) is 10.5. The lowest BCUT2D eigenvalue weighted by Gasteiger charge is -2.11. The van der Waals surface area contributed by atoms with Crippen molar-refractivity contribution in [3.05, 3.63) is 76.0 Å². The molecule has 0 spiro atoms. The van der Waals surface area contributed by atoms with Crippen LogP contribution in [0, 0.1) is 0 Å². The molecule has 0 aliphatic heterocycles. The van der Waals surface area contributed by atoms with Gasteiger partial charge in [-0.2, -0.15) is 0 Å². The van der Waals surface area contributed by atoms with Crippen LogP contribution in [0.25, 0.3) is 11.1 Å². The molecule has 0 saturated carbocycles. The number of aliphatic imine (C=N–C) groups is 1. The molecule has 1 heterocycles. The summed E-state index contributed by atoms with van der Waals surface area (Å²) >= 11 is 1.72. The van der Waals surface area contributed by atoms with E-state index in [1.165, 1.54) is 16.0 Å². The van der Waals surface area contributed by atoms with Gasteiger partial charge in [0.15, 0.2) is 5.96 Å². The van der Waals surface area contributed by atoms with Crippen LogP contribution in [0.15, 0.2) is 65.0 Å². The van der Waals surface area contributed by atoms with Gasteiger partial charge in [-0.15, -0.1) is 35.3 Å². The second kappa shape index (κ2) is 13.1. The minimum absolute atomic E-state index is 0. The Labute approximate surface area is 210 Å². The summed E-state index contributed by atoms with van der Waals surface area (Å²) in [5.74, 6) is 1.54. The largest absolute Gasteiger partial charge is 0.497 e. The molecular formula is C24H29IN4O2S. The molecule has 0 atom stereocenters. The van der Waals surface area contributed by atoms with Crippen LogP contribution >= 0.6 is 35.3 Å². The third-order valence-corrected chi connectivity index (χ3v) is 5.79. The van der Waals surface area contributed by atoms with Gasteiger partial charge in [-0.3, -0.25) is 9.79 Å². The van der Waals surface area contributed by atoms with Gasteiger partial charge in [0, 0.05) is 31.1 Å². The minimum atomic E-state index is -0.0720. The average Bonchev–Trinajstić information content (AvgIpc) is 3.30. The summed E-state index contributed by atoms with van der Waals surface area (Å²) in [6.07, 6.45) is 0.798. The van der Waals surface area contributed by atoms with Crippen LogP contribution in [0.3, 0.4) is 0 Å². The van der Waals surface area contributed by atoms with E-state index in [2.05, 4.69) is 44.5 Å². The number of thiophene rings is 1. The molecule has 8 heteroatoms. The van der Waals surface area contributed by atoms with E-state index in [4.69, 9.17) is 4.74 Å². The predicted octanol–water partition coefficient (Wildman–Crippen LogP) is 4.31. The second-order valence-electron chi connectivity index (χ2n) is 6.91. The zero-order chi connectivity index (χ0) is 22.1. The third kappa shape index (κ3) is 7.23. The molecule has 170 valence electrons. The van der Waals surface area contributed by atoms with Crippen LogP contribution in [-0.2, 0) is 13.0 Å². The Morgan fingerprint density at radius 2 is 1.84 bits per heavy atom. The Balaban J connectivity index is 0.00000363. The van der Waals surface area contributed by atoms with Crippen molar-refractivity contribution in [1.29, 1.82) is 0 Å². The van der Waals surface area contributed by atoms with Crippen molar-refractivity contribution in [1.82, 2.24) is 16.0 Å². The van der Waals surface area contributed by atoms with Gasteiger partial charge in [0.05, 0.1) is 13.7 Å². The quantitative estimate of drug-likeness (QED) is 0.217. The molecular weight excluding hydrogens is 535 g/mol. The van der Waals surface area contributed by atoms with Crippen LogP contribution in [-0.4, -0.2) is 39.6 Å². The molecule has 32 heavy (non-hydrogen) atoms. The summed E-state index contributed by atoms with van der Waals surface area (Å²) in [6, 6.07) is 17.9. The lowest BCUT2D eigenvalue weighted by atomic mass is 10.1. The van der Waals surface area contributed by atoms with E-state index in [1.54, 1.807) is 32.5 Å². The fourth-order valence-electron chi connectivity index (χ4n) is 3.14. The van der Waals surface area contributed by atoms with Crippen LogP contribution in [0.5, 0.6) is 5.75 Å². The highest BCUT2D eigenvalue weighted by atomic mass is 127. The molecule has 0 unspecified atom stereocenters. The number of guanidine groups is 1. The van der Waals surface area contributed by atoms with Crippen molar-refractivity contribution in [3.8, 4) is 16.9 Å². The first-order chi connectivity index (χ1) is 15.1. The average molecular weight is 564 g/mol. The molecule has 0 aliphatic carbocycles. The molecule has 0 saturated heterocycles. The summed E-state index contributed by atoms with van der Waals surface area (Å²) in [7, 11) is 5.07. The van der Waals surface area contributed by atoms with E-state index in [0.717, 1.165) is 30.2 Å². The molecule has 6 nitrogen and oxygen atoms in total. The van der Waals surface area contributed by atoms with Gasteiger partial charge in [0.1, 0.15) is 5.75 Å². The fraction of sp³-hybridized carbons (Fsp3) is 0.250. The van der Waals surface area contributed by atoms with Gasteiger partial charge in [0.2, 0.25) is 0 Å². The Morgan fingerprint density at radius 3 is 2.53 bits per heavy atom. The van der Waals surface area contributed by atoms with Crippen molar-refractivity contribution in [3.63, 3.8) is 0 Å². The normalized spacial score (nSPS) is 10.8. The highest BCUT2D eigenvalue weighted by Crippen LogP contribution is 2.27. The third-order valence-electron chi connectivity index (χ3n) is 4.85. The van der Waals surface area contributed by atoms with Crippen LogP contribution < -0.4 is 20.7 Å². The van der Waals surface area contributed by atoms with Gasteiger partial charge in [-0.1, -0.05) is 24.3 Å². The highest BCUT2D eigenvalue weighted by molar-refractivity contribution is 14.0. The molecule has 2 aromatic carbocycles. The predicted molar refractivity (Wildman–Crippen MR) is 143 cm³/mol. The van der Waals surface area contributed by atoms with Crippen molar-refractivity contribution < 1.29 is 9.53 Å². The van der Waals surface area contributed by atoms with E-state index in [1.807, 2.05) is 36.4 Å². The van der Waals surface area contributed by atoms with Crippen molar-refractivity contribution in [2.75, 3.05) is 27.7 Å². The molecule has 0 bridgehead atoms. The Hall–Kier alpha value is -2.59.